The molecule has 3 nitrogen and oxygen atoms in total. The second kappa shape index (κ2) is 8.09. The van der Waals surface area contributed by atoms with Gasteiger partial charge >= 0.3 is 0 Å². The summed E-state index contributed by atoms with van der Waals surface area (Å²) in [7, 11) is 1.65. The summed E-state index contributed by atoms with van der Waals surface area (Å²) in [5.74, 6) is -0.933. The van der Waals surface area contributed by atoms with Crippen molar-refractivity contribution in [3.8, 4) is 5.75 Å². The Hall–Kier alpha value is -1.91. The third kappa shape index (κ3) is 4.78. The number of aromatic hydroxyl groups is 1. The molecule has 1 aliphatic rings. The lowest BCUT2D eigenvalue weighted by Crippen LogP contribution is -2.13. The van der Waals surface area contributed by atoms with E-state index in [-0.39, 0.29) is 11.9 Å². The molecule has 0 saturated heterocycles. The van der Waals surface area contributed by atoms with Crippen molar-refractivity contribution >= 4 is 6.08 Å². The van der Waals surface area contributed by atoms with Crippen LogP contribution in [0, 0.1) is 5.82 Å². The van der Waals surface area contributed by atoms with Gasteiger partial charge in [-0.05, 0) is 48.6 Å². The molecule has 0 saturated carbocycles. The lowest BCUT2D eigenvalue weighted by atomic mass is 9.97. The number of phenols is 1. The van der Waals surface area contributed by atoms with E-state index in [0.29, 0.717) is 13.2 Å². The van der Waals surface area contributed by atoms with Crippen LogP contribution in [0.4, 0.5) is 4.39 Å². The van der Waals surface area contributed by atoms with Gasteiger partial charge in [-0.2, -0.15) is 0 Å². The highest BCUT2D eigenvalue weighted by atomic mass is 19.1. The van der Waals surface area contributed by atoms with E-state index in [0.717, 1.165) is 35.1 Å². The first-order valence-corrected chi connectivity index (χ1v) is 7.65. The molecule has 0 bridgehead atoms. The van der Waals surface area contributed by atoms with Crippen LogP contribution in [0.2, 0.25) is 0 Å². The topological polar surface area (TPSA) is 38.7 Å². The van der Waals surface area contributed by atoms with Crippen LogP contribution >= 0.6 is 0 Å². The first-order chi connectivity index (χ1) is 11.0. The number of phenolic OH excluding ortho intramolecular Hbond substituents is 1. The number of rotatable bonds is 7. The Bertz CT molecular complexity index is 632. The molecule has 23 heavy (non-hydrogen) atoms. The molecule has 1 heterocycles. The van der Waals surface area contributed by atoms with Crippen molar-refractivity contribution in [3.05, 3.63) is 59.0 Å². The summed E-state index contributed by atoms with van der Waals surface area (Å²) in [4.78, 5) is 0. The standard InChI is InChI=1S/C19H23FO3/c1-13(10-15-5-6-18(21)17(20)11-15)4-7-19-16(8-9-23-19)14(2)12-22-3/h5-6,8,10-11,19,21H,2,4,7,9,12H2,1,3H3/b13-10+. The van der Waals surface area contributed by atoms with Crippen molar-refractivity contribution in [2.45, 2.75) is 25.9 Å². The van der Waals surface area contributed by atoms with Gasteiger partial charge in [-0.25, -0.2) is 4.39 Å². The van der Waals surface area contributed by atoms with E-state index in [1.54, 1.807) is 13.2 Å². The molecule has 0 amide bonds. The van der Waals surface area contributed by atoms with Crippen molar-refractivity contribution in [3.63, 3.8) is 0 Å². The molecule has 0 aliphatic carbocycles. The van der Waals surface area contributed by atoms with Crippen LogP contribution in [0.15, 0.2) is 47.6 Å². The third-order valence-electron chi connectivity index (χ3n) is 3.86. The molecule has 0 radical (unpaired) electrons. The predicted molar refractivity (Wildman–Crippen MR) is 89.8 cm³/mol. The summed E-state index contributed by atoms with van der Waals surface area (Å²) in [5, 5.41) is 9.21. The van der Waals surface area contributed by atoms with Crippen LogP contribution in [-0.2, 0) is 9.47 Å². The number of allylic oxidation sites excluding steroid dienone is 1. The Morgan fingerprint density at radius 3 is 3.00 bits per heavy atom. The molecule has 1 N–H and O–H groups in total. The number of methoxy groups -OCH3 is 1. The second-order valence-electron chi connectivity index (χ2n) is 5.76. The quantitative estimate of drug-likeness (QED) is 0.817. The van der Waals surface area contributed by atoms with Crippen LogP contribution in [0.25, 0.3) is 6.08 Å². The van der Waals surface area contributed by atoms with E-state index in [9.17, 15) is 9.50 Å². The second-order valence-corrected chi connectivity index (χ2v) is 5.76. The van der Waals surface area contributed by atoms with Gasteiger partial charge in [-0.1, -0.05) is 30.4 Å². The SMILES string of the molecule is C=C(COC)C1=CCOC1CC/C(C)=C/c1ccc(O)c(F)c1. The van der Waals surface area contributed by atoms with Gasteiger partial charge in [0.05, 0.1) is 19.3 Å². The smallest absolute Gasteiger partial charge is 0.165 e. The zero-order valence-electron chi connectivity index (χ0n) is 13.6. The lowest BCUT2D eigenvalue weighted by Gasteiger charge is -2.16. The molecule has 2 rings (SSSR count). The molecule has 0 aromatic heterocycles. The molecule has 4 heteroatoms. The fourth-order valence-corrected chi connectivity index (χ4v) is 2.67. The summed E-state index contributed by atoms with van der Waals surface area (Å²) in [5.41, 5.74) is 3.94. The summed E-state index contributed by atoms with van der Waals surface area (Å²) in [6.07, 6.45) is 5.70. The first kappa shape index (κ1) is 17.4. The number of ether oxygens (including phenoxy) is 2. The highest BCUT2D eigenvalue weighted by molar-refractivity contribution is 5.53. The molecule has 1 aromatic rings. The fraction of sp³-hybridized carbons (Fsp3) is 0.368. The minimum Gasteiger partial charge on any atom is -0.505 e. The fourth-order valence-electron chi connectivity index (χ4n) is 2.67. The lowest BCUT2D eigenvalue weighted by molar-refractivity contribution is 0.115. The van der Waals surface area contributed by atoms with E-state index in [1.807, 2.05) is 13.0 Å². The van der Waals surface area contributed by atoms with Crippen molar-refractivity contribution < 1.29 is 19.0 Å². The van der Waals surface area contributed by atoms with E-state index in [1.165, 1.54) is 12.1 Å². The van der Waals surface area contributed by atoms with Gasteiger partial charge in [0.1, 0.15) is 0 Å². The van der Waals surface area contributed by atoms with Crippen molar-refractivity contribution in [1.29, 1.82) is 0 Å². The number of hydrogen-bond donors (Lipinski definition) is 1. The van der Waals surface area contributed by atoms with Gasteiger partial charge in [-0.3, -0.25) is 0 Å². The summed E-state index contributed by atoms with van der Waals surface area (Å²) >= 11 is 0. The predicted octanol–water partition coefficient (Wildman–Crippen LogP) is 4.24. The normalized spacial score (nSPS) is 18.1. The van der Waals surface area contributed by atoms with Gasteiger partial charge in [0, 0.05) is 7.11 Å². The van der Waals surface area contributed by atoms with Crippen LogP contribution in [0.5, 0.6) is 5.75 Å². The van der Waals surface area contributed by atoms with E-state index < -0.39 is 5.82 Å². The average Bonchev–Trinajstić information content (AvgIpc) is 2.98. The Labute approximate surface area is 136 Å². The molecular formula is C19H23FO3. The van der Waals surface area contributed by atoms with Gasteiger partial charge in [0.15, 0.2) is 11.6 Å². The van der Waals surface area contributed by atoms with Gasteiger partial charge in [-0.15, -0.1) is 0 Å². The number of benzene rings is 1. The number of hydrogen-bond acceptors (Lipinski definition) is 3. The van der Waals surface area contributed by atoms with Crippen LogP contribution in [0.1, 0.15) is 25.3 Å². The van der Waals surface area contributed by atoms with E-state index >= 15 is 0 Å². The highest BCUT2D eigenvalue weighted by Gasteiger charge is 2.21. The van der Waals surface area contributed by atoms with Gasteiger partial charge < -0.3 is 14.6 Å². The largest absolute Gasteiger partial charge is 0.505 e. The van der Waals surface area contributed by atoms with Crippen molar-refractivity contribution in [2.24, 2.45) is 0 Å². The minimum atomic E-state index is -0.605. The molecule has 1 unspecified atom stereocenters. The van der Waals surface area contributed by atoms with Crippen molar-refractivity contribution in [1.82, 2.24) is 0 Å². The molecule has 1 aromatic carbocycles. The third-order valence-corrected chi connectivity index (χ3v) is 3.86. The highest BCUT2D eigenvalue weighted by Crippen LogP contribution is 2.27. The Morgan fingerprint density at radius 2 is 2.30 bits per heavy atom. The monoisotopic (exact) mass is 318 g/mol. The first-order valence-electron chi connectivity index (χ1n) is 7.65. The molecule has 1 aliphatic heterocycles. The average molecular weight is 318 g/mol. The summed E-state index contributed by atoms with van der Waals surface area (Å²) in [6.45, 7) is 7.16. The zero-order chi connectivity index (χ0) is 16.8. The number of halogens is 1. The molecule has 0 spiro atoms. The summed E-state index contributed by atoms with van der Waals surface area (Å²) in [6, 6.07) is 4.39. The molecule has 0 fully saturated rings. The Kier molecular flexibility index (Phi) is 6.13. The maximum absolute atomic E-state index is 13.3. The zero-order valence-corrected chi connectivity index (χ0v) is 13.6. The Morgan fingerprint density at radius 1 is 1.52 bits per heavy atom. The van der Waals surface area contributed by atoms with Crippen molar-refractivity contribution in [2.75, 3.05) is 20.3 Å². The summed E-state index contributed by atoms with van der Waals surface area (Å²) < 4.78 is 24.2. The maximum atomic E-state index is 13.3. The van der Waals surface area contributed by atoms with Crippen LogP contribution in [0.3, 0.4) is 0 Å². The van der Waals surface area contributed by atoms with Crippen LogP contribution < -0.4 is 0 Å². The molecule has 124 valence electrons. The Balaban J connectivity index is 1.94. The van der Waals surface area contributed by atoms with E-state index in [4.69, 9.17) is 9.47 Å². The molecule has 1 atom stereocenters. The van der Waals surface area contributed by atoms with Gasteiger partial charge in [0.25, 0.3) is 0 Å². The molecular weight excluding hydrogens is 295 g/mol. The van der Waals surface area contributed by atoms with Gasteiger partial charge in [0.2, 0.25) is 0 Å². The van der Waals surface area contributed by atoms with Crippen LogP contribution in [-0.4, -0.2) is 31.5 Å². The van der Waals surface area contributed by atoms with E-state index in [2.05, 4.69) is 12.7 Å². The minimum absolute atomic E-state index is 0.0394. The maximum Gasteiger partial charge on any atom is 0.165 e.